The van der Waals surface area contributed by atoms with Gasteiger partial charge in [-0.05, 0) is 18.2 Å². The van der Waals surface area contributed by atoms with Crippen molar-refractivity contribution in [3.63, 3.8) is 0 Å². The van der Waals surface area contributed by atoms with Crippen LogP contribution in [0.5, 0.6) is 0 Å². The summed E-state index contributed by atoms with van der Waals surface area (Å²) in [4.78, 5) is 14.1. The Hall–Kier alpha value is -2.31. The molecule has 3 rings (SSSR count). The Morgan fingerprint density at radius 1 is 1.29 bits per heavy atom. The first-order valence-electron chi connectivity index (χ1n) is 7.19. The molecule has 1 aromatic carbocycles. The van der Waals surface area contributed by atoms with E-state index in [1.54, 1.807) is 48.1 Å². The van der Waals surface area contributed by atoms with Crippen LogP contribution < -0.4 is 0 Å². The maximum Gasteiger partial charge on any atom is 0.271 e. The Morgan fingerprint density at radius 3 is 2.62 bits per heavy atom. The highest BCUT2D eigenvalue weighted by Crippen LogP contribution is 2.21. The van der Waals surface area contributed by atoms with Gasteiger partial charge in [-0.2, -0.15) is 10.2 Å². The second-order valence-electron chi connectivity index (χ2n) is 5.40. The Labute approximate surface area is 149 Å². The predicted octanol–water partition coefficient (Wildman–Crippen LogP) is 3.39. The van der Waals surface area contributed by atoms with Crippen LogP contribution in [0.1, 0.15) is 16.2 Å². The lowest BCUT2D eigenvalue weighted by molar-refractivity contribution is 0.0776. The molecular weight excluding hydrogens is 349 g/mol. The average molecular weight is 364 g/mol. The number of H-pyrrole nitrogens is 1. The molecule has 2 heterocycles. The largest absolute Gasteiger partial charge is 0.334 e. The van der Waals surface area contributed by atoms with E-state index >= 15 is 0 Å². The molecule has 0 atom stereocenters. The number of amides is 1. The topological polar surface area (TPSA) is 66.8 Å². The van der Waals surface area contributed by atoms with Crippen molar-refractivity contribution in [1.29, 1.82) is 0 Å². The van der Waals surface area contributed by atoms with Gasteiger partial charge in [-0.1, -0.05) is 35.3 Å². The molecule has 3 aromatic rings. The van der Waals surface area contributed by atoms with Crippen molar-refractivity contribution >= 4 is 29.1 Å². The van der Waals surface area contributed by atoms with Crippen molar-refractivity contribution in [2.75, 3.05) is 7.05 Å². The minimum absolute atomic E-state index is 0.181. The van der Waals surface area contributed by atoms with E-state index in [-0.39, 0.29) is 5.91 Å². The van der Waals surface area contributed by atoms with Gasteiger partial charge in [0.2, 0.25) is 0 Å². The number of aromatic nitrogens is 4. The lowest BCUT2D eigenvalue weighted by Crippen LogP contribution is -2.27. The molecule has 0 saturated carbocycles. The highest BCUT2D eigenvalue weighted by molar-refractivity contribution is 6.31. The van der Waals surface area contributed by atoms with E-state index in [9.17, 15) is 4.79 Å². The summed E-state index contributed by atoms with van der Waals surface area (Å²) in [5.41, 5.74) is 2.74. The number of hydrogen-bond donors (Lipinski definition) is 1. The molecule has 124 valence electrons. The van der Waals surface area contributed by atoms with Crippen LogP contribution in [-0.2, 0) is 13.6 Å². The minimum atomic E-state index is -0.181. The highest BCUT2D eigenvalue weighted by Gasteiger charge is 2.18. The third-order valence-electron chi connectivity index (χ3n) is 3.69. The van der Waals surface area contributed by atoms with Gasteiger partial charge in [-0.15, -0.1) is 0 Å². The fourth-order valence-electron chi connectivity index (χ4n) is 2.32. The van der Waals surface area contributed by atoms with E-state index in [0.29, 0.717) is 28.0 Å². The molecule has 0 saturated heterocycles. The summed E-state index contributed by atoms with van der Waals surface area (Å²) >= 11 is 12.0. The summed E-state index contributed by atoms with van der Waals surface area (Å²) in [6.07, 6.45) is 1.56. The molecule has 1 N–H and O–H groups in total. The van der Waals surface area contributed by atoms with Crippen LogP contribution in [0.3, 0.4) is 0 Å². The van der Waals surface area contributed by atoms with Gasteiger partial charge in [-0.3, -0.25) is 14.6 Å². The quantitative estimate of drug-likeness (QED) is 0.772. The number of aromatic amines is 1. The van der Waals surface area contributed by atoms with Gasteiger partial charge in [0.1, 0.15) is 5.69 Å². The normalized spacial score (nSPS) is 10.8. The fraction of sp³-hybridized carbons (Fsp3) is 0.188. The third-order valence-corrected chi connectivity index (χ3v) is 4.26. The highest BCUT2D eigenvalue weighted by atomic mass is 35.5. The number of benzene rings is 1. The van der Waals surface area contributed by atoms with E-state index in [2.05, 4.69) is 15.3 Å². The molecular formula is C16H15Cl2N5O. The van der Waals surface area contributed by atoms with E-state index in [1.165, 1.54) is 0 Å². The Morgan fingerprint density at radius 2 is 2.00 bits per heavy atom. The first-order valence-corrected chi connectivity index (χ1v) is 7.94. The number of nitrogens with one attached hydrogen (secondary N) is 1. The third kappa shape index (κ3) is 3.29. The number of halogens is 2. The standard InChI is InChI=1S/C16H15Cl2N5O/c1-22(9-15-12(18)8-19-23(15)2)16(24)14-7-13(20-21-14)10-3-5-11(17)6-4-10/h3-8H,9H2,1-2H3,(H,20,21). The van der Waals surface area contributed by atoms with Crippen LogP contribution in [0.2, 0.25) is 10.0 Å². The fourth-order valence-corrected chi connectivity index (χ4v) is 2.67. The van der Waals surface area contributed by atoms with Crippen molar-refractivity contribution in [3.8, 4) is 11.3 Å². The van der Waals surface area contributed by atoms with Gasteiger partial charge in [0.15, 0.2) is 0 Å². The van der Waals surface area contributed by atoms with Gasteiger partial charge >= 0.3 is 0 Å². The molecule has 0 unspecified atom stereocenters. The number of hydrogen-bond acceptors (Lipinski definition) is 3. The summed E-state index contributed by atoms with van der Waals surface area (Å²) in [7, 11) is 3.49. The summed E-state index contributed by atoms with van der Waals surface area (Å²) < 4.78 is 1.65. The summed E-state index contributed by atoms with van der Waals surface area (Å²) in [6.45, 7) is 0.351. The molecule has 6 nitrogen and oxygen atoms in total. The van der Waals surface area contributed by atoms with E-state index in [0.717, 1.165) is 11.3 Å². The van der Waals surface area contributed by atoms with E-state index < -0.39 is 0 Å². The molecule has 2 aromatic heterocycles. The monoisotopic (exact) mass is 363 g/mol. The van der Waals surface area contributed by atoms with Crippen molar-refractivity contribution in [1.82, 2.24) is 24.9 Å². The smallest absolute Gasteiger partial charge is 0.271 e. The van der Waals surface area contributed by atoms with Crippen LogP contribution in [0.25, 0.3) is 11.3 Å². The van der Waals surface area contributed by atoms with Crippen LogP contribution in [0, 0.1) is 0 Å². The number of nitrogens with zero attached hydrogens (tertiary/aromatic N) is 4. The number of carbonyl (C=O) groups is 1. The molecule has 0 fully saturated rings. The zero-order valence-corrected chi connectivity index (χ0v) is 14.6. The summed E-state index contributed by atoms with van der Waals surface area (Å²) in [6, 6.07) is 8.98. The van der Waals surface area contributed by atoms with Crippen molar-refractivity contribution in [2.24, 2.45) is 7.05 Å². The van der Waals surface area contributed by atoms with Gasteiger partial charge in [0, 0.05) is 24.7 Å². The van der Waals surface area contributed by atoms with Crippen molar-refractivity contribution < 1.29 is 4.79 Å². The van der Waals surface area contributed by atoms with E-state index in [1.807, 2.05) is 12.1 Å². The van der Waals surface area contributed by atoms with Crippen molar-refractivity contribution in [3.05, 3.63) is 58.0 Å². The molecule has 0 spiro atoms. The van der Waals surface area contributed by atoms with Crippen molar-refractivity contribution in [2.45, 2.75) is 6.54 Å². The predicted molar refractivity (Wildman–Crippen MR) is 93.0 cm³/mol. The molecule has 8 heteroatoms. The number of rotatable bonds is 4. The van der Waals surface area contributed by atoms with Crippen LogP contribution in [0.15, 0.2) is 36.5 Å². The Bertz CT molecular complexity index is 849. The molecule has 1 amide bonds. The zero-order chi connectivity index (χ0) is 17.3. The SMILES string of the molecule is CN(Cc1c(Cl)cnn1C)C(=O)c1cc(-c2ccc(Cl)cc2)n[nH]1. The first kappa shape index (κ1) is 16.5. The first-order chi connectivity index (χ1) is 11.5. The average Bonchev–Trinajstić information content (AvgIpc) is 3.17. The Kier molecular flexibility index (Phi) is 4.59. The van der Waals surface area contributed by atoms with Gasteiger partial charge in [-0.25, -0.2) is 0 Å². The molecule has 0 bridgehead atoms. The van der Waals surface area contributed by atoms with Gasteiger partial charge < -0.3 is 4.90 Å². The van der Waals surface area contributed by atoms with Gasteiger partial charge in [0.05, 0.1) is 29.2 Å². The number of carbonyl (C=O) groups excluding carboxylic acids is 1. The van der Waals surface area contributed by atoms with Crippen LogP contribution in [-0.4, -0.2) is 37.8 Å². The lowest BCUT2D eigenvalue weighted by atomic mass is 10.1. The molecule has 0 aliphatic rings. The van der Waals surface area contributed by atoms with Gasteiger partial charge in [0.25, 0.3) is 5.91 Å². The van der Waals surface area contributed by atoms with Crippen LogP contribution >= 0.6 is 23.2 Å². The number of aryl methyl sites for hydroxylation is 1. The van der Waals surface area contributed by atoms with Crippen LogP contribution in [0.4, 0.5) is 0 Å². The Balaban J connectivity index is 1.77. The molecule has 0 aliphatic heterocycles. The minimum Gasteiger partial charge on any atom is -0.334 e. The summed E-state index contributed by atoms with van der Waals surface area (Å²) in [5, 5.41) is 12.2. The second kappa shape index (κ2) is 6.67. The second-order valence-corrected chi connectivity index (χ2v) is 6.24. The summed E-state index contributed by atoms with van der Waals surface area (Å²) in [5.74, 6) is -0.181. The van der Waals surface area contributed by atoms with E-state index in [4.69, 9.17) is 23.2 Å². The molecule has 24 heavy (non-hydrogen) atoms. The maximum absolute atomic E-state index is 12.6. The lowest BCUT2D eigenvalue weighted by Gasteiger charge is -2.16. The molecule has 0 radical (unpaired) electrons. The maximum atomic E-state index is 12.6. The molecule has 0 aliphatic carbocycles. The zero-order valence-electron chi connectivity index (χ0n) is 13.1.